The van der Waals surface area contributed by atoms with Crippen LogP contribution in [0, 0.1) is 29.6 Å². The minimum atomic E-state index is 0.472. The van der Waals surface area contributed by atoms with Crippen LogP contribution in [0.25, 0.3) is 0 Å². The van der Waals surface area contributed by atoms with E-state index >= 15 is 0 Å². The molecule has 1 aliphatic heterocycles. The SMILES string of the molecule is CC1=CC[C@@H]([C@H]2OC[C@@H]3C[C@@H]2C(C)=C[C@H]3C)[C@@H](C)C1. The highest BCUT2D eigenvalue weighted by molar-refractivity contribution is 5.17. The first-order chi connectivity index (χ1) is 9.06. The summed E-state index contributed by atoms with van der Waals surface area (Å²) in [5.74, 6) is 3.67. The van der Waals surface area contributed by atoms with Crippen LogP contribution in [0.1, 0.15) is 47.0 Å². The van der Waals surface area contributed by atoms with Gasteiger partial charge in [0.1, 0.15) is 0 Å². The van der Waals surface area contributed by atoms with Crippen molar-refractivity contribution in [2.45, 2.75) is 53.1 Å². The quantitative estimate of drug-likeness (QED) is 0.626. The van der Waals surface area contributed by atoms with Gasteiger partial charge in [-0.15, -0.1) is 0 Å². The first-order valence-corrected chi connectivity index (χ1v) is 8.01. The van der Waals surface area contributed by atoms with E-state index in [1.165, 1.54) is 19.3 Å². The third-order valence-corrected chi connectivity index (χ3v) is 5.85. The Kier molecular flexibility index (Phi) is 3.59. The minimum absolute atomic E-state index is 0.472. The Bertz CT molecular complexity index is 406. The molecule has 0 amide bonds. The molecule has 2 bridgehead atoms. The lowest BCUT2D eigenvalue weighted by atomic mass is 9.66. The average molecular weight is 260 g/mol. The third kappa shape index (κ3) is 2.42. The number of allylic oxidation sites excluding steroid dienone is 3. The van der Waals surface area contributed by atoms with Gasteiger partial charge < -0.3 is 4.74 Å². The van der Waals surface area contributed by atoms with Crippen molar-refractivity contribution < 1.29 is 4.74 Å². The standard InChI is InChI=1S/C18H28O/c1-11-5-6-16(13(3)7-11)18-17-9-15(10-19-18)12(2)8-14(17)4/h5,8,12-13,15-18H,6-7,9-10H2,1-4H3/t12-,13+,15+,16-,17-,18-/m1/s1. The van der Waals surface area contributed by atoms with Crippen LogP contribution in [-0.4, -0.2) is 12.7 Å². The number of fused-ring (bicyclic) bond motifs is 2. The normalized spacial score (nSPS) is 46.5. The maximum Gasteiger partial charge on any atom is 0.0674 e. The zero-order valence-corrected chi connectivity index (χ0v) is 12.9. The van der Waals surface area contributed by atoms with Crippen molar-refractivity contribution in [3.05, 3.63) is 23.3 Å². The van der Waals surface area contributed by atoms with Crippen molar-refractivity contribution in [2.75, 3.05) is 6.61 Å². The predicted octanol–water partition coefficient (Wildman–Crippen LogP) is 4.60. The van der Waals surface area contributed by atoms with E-state index in [9.17, 15) is 0 Å². The van der Waals surface area contributed by atoms with Crippen LogP contribution in [0.15, 0.2) is 23.3 Å². The molecule has 1 fully saturated rings. The molecule has 0 aromatic rings. The number of ether oxygens (including phenoxy) is 1. The van der Waals surface area contributed by atoms with E-state index in [2.05, 4.69) is 39.8 Å². The summed E-state index contributed by atoms with van der Waals surface area (Å²) in [6.07, 6.45) is 9.29. The van der Waals surface area contributed by atoms with Crippen LogP contribution < -0.4 is 0 Å². The van der Waals surface area contributed by atoms with Gasteiger partial charge in [0.25, 0.3) is 0 Å². The van der Waals surface area contributed by atoms with Crippen LogP contribution in [-0.2, 0) is 4.74 Å². The van der Waals surface area contributed by atoms with E-state index in [0.717, 1.165) is 24.4 Å². The molecule has 3 aliphatic rings. The van der Waals surface area contributed by atoms with E-state index < -0.39 is 0 Å². The molecule has 1 heterocycles. The molecule has 3 rings (SSSR count). The number of hydrogen-bond donors (Lipinski definition) is 0. The lowest BCUT2D eigenvalue weighted by molar-refractivity contribution is -0.0982. The zero-order chi connectivity index (χ0) is 13.6. The molecule has 0 unspecified atom stereocenters. The van der Waals surface area contributed by atoms with Gasteiger partial charge in [-0.25, -0.2) is 0 Å². The van der Waals surface area contributed by atoms with Crippen LogP contribution >= 0.6 is 0 Å². The molecule has 0 radical (unpaired) electrons. The van der Waals surface area contributed by atoms with Gasteiger partial charge in [0.2, 0.25) is 0 Å². The molecule has 0 aromatic carbocycles. The second-order valence-electron chi connectivity index (χ2n) is 7.30. The molecule has 19 heavy (non-hydrogen) atoms. The van der Waals surface area contributed by atoms with Crippen molar-refractivity contribution in [1.82, 2.24) is 0 Å². The predicted molar refractivity (Wildman–Crippen MR) is 79.9 cm³/mol. The molecule has 1 nitrogen and oxygen atoms in total. The van der Waals surface area contributed by atoms with Gasteiger partial charge >= 0.3 is 0 Å². The van der Waals surface area contributed by atoms with Gasteiger partial charge in [-0.2, -0.15) is 0 Å². The summed E-state index contributed by atoms with van der Waals surface area (Å²) in [6.45, 7) is 10.4. The first kappa shape index (κ1) is 13.4. The highest BCUT2D eigenvalue weighted by Gasteiger charge is 2.42. The van der Waals surface area contributed by atoms with Gasteiger partial charge in [0.15, 0.2) is 0 Å². The Labute approximate surface area is 118 Å². The van der Waals surface area contributed by atoms with Gasteiger partial charge in [0, 0.05) is 5.92 Å². The van der Waals surface area contributed by atoms with E-state index in [0.29, 0.717) is 17.9 Å². The van der Waals surface area contributed by atoms with Crippen LogP contribution in [0.4, 0.5) is 0 Å². The van der Waals surface area contributed by atoms with E-state index in [4.69, 9.17) is 4.74 Å². The number of hydrogen-bond acceptors (Lipinski definition) is 1. The molecular formula is C18H28O. The molecule has 0 spiro atoms. The topological polar surface area (TPSA) is 9.23 Å². The van der Waals surface area contributed by atoms with Crippen molar-refractivity contribution in [1.29, 1.82) is 0 Å². The van der Waals surface area contributed by atoms with Crippen LogP contribution in [0.5, 0.6) is 0 Å². The summed E-state index contributed by atoms with van der Waals surface area (Å²) in [6, 6.07) is 0. The van der Waals surface area contributed by atoms with Gasteiger partial charge in [-0.1, -0.05) is 37.1 Å². The lowest BCUT2D eigenvalue weighted by Gasteiger charge is -2.47. The molecule has 0 saturated carbocycles. The fourth-order valence-corrected chi connectivity index (χ4v) is 4.56. The molecule has 0 aromatic heterocycles. The summed E-state index contributed by atoms with van der Waals surface area (Å²) in [4.78, 5) is 0. The smallest absolute Gasteiger partial charge is 0.0674 e. The second kappa shape index (κ2) is 5.09. The van der Waals surface area contributed by atoms with Crippen molar-refractivity contribution in [3.63, 3.8) is 0 Å². The summed E-state index contributed by atoms with van der Waals surface area (Å²) in [7, 11) is 0. The monoisotopic (exact) mass is 260 g/mol. The van der Waals surface area contributed by atoms with Crippen molar-refractivity contribution >= 4 is 0 Å². The van der Waals surface area contributed by atoms with Crippen LogP contribution in [0.3, 0.4) is 0 Å². The Morgan fingerprint density at radius 3 is 2.74 bits per heavy atom. The molecule has 106 valence electrons. The fourth-order valence-electron chi connectivity index (χ4n) is 4.56. The summed E-state index contributed by atoms with van der Waals surface area (Å²) in [5.41, 5.74) is 3.16. The maximum absolute atomic E-state index is 6.36. The third-order valence-electron chi connectivity index (χ3n) is 5.85. The molecule has 0 N–H and O–H groups in total. The second-order valence-corrected chi connectivity index (χ2v) is 7.30. The van der Waals surface area contributed by atoms with Crippen molar-refractivity contribution in [3.8, 4) is 0 Å². The Morgan fingerprint density at radius 2 is 2.00 bits per heavy atom. The summed E-state index contributed by atoms with van der Waals surface area (Å²) >= 11 is 0. The average Bonchev–Trinajstić information content (AvgIpc) is 2.37. The van der Waals surface area contributed by atoms with Crippen LogP contribution in [0.2, 0.25) is 0 Å². The summed E-state index contributed by atoms with van der Waals surface area (Å²) < 4.78 is 6.36. The Balaban J connectivity index is 1.81. The minimum Gasteiger partial charge on any atom is -0.377 e. The summed E-state index contributed by atoms with van der Waals surface area (Å²) in [5, 5.41) is 0. The zero-order valence-electron chi connectivity index (χ0n) is 12.9. The van der Waals surface area contributed by atoms with E-state index in [1.54, 1.807) is 11.1 Å². The molecule has 1 heteroatoms. The highest BCUT2D eigenvalue weighted by atomic mass is 16.5. The van der Waals surface area contributed by atoms with Gasteiger partial charge in [0.05, 0.1) is 12.7 Å². The molecular weight excluding hydrogens is 232 g/mol. The molecule has 1 saturated heterocycles. The maximum atomic E-state index is 6.36. The van der Waals surface area contributed by atoms with Gasteiger partial charge in [-0.05, 0) is 56.8 Å². The number of rotatable bonds is 1. The lowest BCUT2D eigenvalue weighted by Crippen LogP contribution is -2.46. The highest BCUT2D eigenvalue weighted by Crippen LogP contribution is 2.45. The molecule has 6 atom stereocenters. The van der Waals surface area contributed by atoms with E-state index in [-0.39, 0.29) is 0 Å². The Hall–Kier alpha value is -0.560. The largest absolute Gasteiger partial charge is 0.377 e. The first-order valence-electron chi connectivity index (χ1n) is 8.01. The molecule has 2 aliphatic carbocycles. The van der Waals surface area contributed by atoms with Gasteiger partial charge in [-0.3, -0.25) is 0 Å². The van der Waals surface area contributed by atoms with E-state index in [1.807, 2.05) is 0 Å². The Morgan fingerprint density at radius 1 is 1.21 bits per heavy atom. The van der Waals surface area contributed by atoms with Crippen molar-refractivity contribution in [2.24, 2.45) is 29.6 Å². The fraction of sp³-hybridized carbons (Fsp3) is 0.778.